The van der Waals surface area contributed by atoms with Gasteiger partial charge in [0.25, 0.3) is 0 Å². The van der Waals surface area contributed by atoms with Crippen molar-refractivity contribution in [2.24, 2.45) is 5.92 Å². The monoisotopic (exact) mass is 311 g/mol. The van der Waals surface area contributed by atoms with Gasteiger partial charge >= 0.3 is 0 Å². The zero-order valence-corrected chi connectivity index (χ0v) is 13.7. The molecule has 1 aliphatic rings. The predicted molar refractivity (Wildman–Crippen MR) is 83.5 cm³/mol. The lowest BCUT2D eigenvalue weighted by Gasteiger charge is -2.23. The molecular formula is C16H25NO3S. The van der Waals surface area contributed by atoms with Gasteiger partial charge in [-0.1, -0.05) is 26.0 Å². The van der Waals surface area contributed by atoms with Crippen LogP contribution in [0.15, 0.2) is 23.1 Å². The summed E-state index contributed by atoms with van der Waals surface area (Å²) < 4.78 is 27.6. The van der Waals surface area contributed by atoms with E-state index in [0.717, 1.165) is 24.8 Å². The Kier molecular flexibility index (Phi) is 5.41. The van der Waals surface area contributed by atoms with Crippen LogP contribution in [0.25, 0.3) is 0 Å². The lowest BCUT2D eigenvalue weighted by molar-refractivity contribution is 0.281. The molecule has 0 atom stereocenters. The van der Waals surface area contributed by atoms with Gasteiger partial charge in [-0.05, 0) is 48.8 Å². The first-order valence-corrected chi connectivity index (χ1v) is 9.19. The summed E-state index contributed by atoms with van der Waals surface area (Å²) in [5, 5.41) is 9.28. The fraction of sp³-hybridized carbons (Fsp3) is 0.625. The largest absolute Gasteiger partial charge is 0.392 e. The lowest BCUT2D eigenvalue weighted by atomic mass is 10.1. The standard InChI is InChI=1S/C16H25NO3S/c1-3-9-17(11-13-5-6-13)21(19,20)16-10-14(12-18)7-8-15(16)4-2/h7-8,10,13,18H,3-6,9,11-12H2,1-2H3. The van der Waals surface area contributed by atoms with Crippen molar-refractivity contribution < 1.29 is 13.5 Å². The van der Waals surface area contributed by atoms with Crippen molar-refractivity contribution in [2.45, 2.75) is 51.0 Å². The Hall–Kier alpha value is -0.910. The van der Waals surface area contributed by atoms with E-state index in [-0.39, 0.29) is 6.61 Å². The molecule has 1 fully saturated rings. The van der Waals surface area contributed by atoms with Crippen LogP contribution in [-0.2, 0) is 23.1 Å². The van der Waals surface area contributed by atoms with Crippen LogP contribution in [-0.4, -0.2) is 30.9 Å². The van der Waals surface area contributed by atoms with Crippen LogP contribution in [0.2, 0.25) is 0 Å². The minimum Gasteiger partial charge on any atom is -0.392 e. The maximum Gasteiger partial charge on any atom is 0.243 e. The van der Waals surface area contributed by atoms with Crippen LogP contribution in [0, 0.1) is 5.92 Å². The molecule has 4 nitrogen and oxygen atoms in total. The molecule has 1 aliphatic carbocycles. The smallest absolute Gasteiger partial charge is 0.243 e. The van der Waals surface area contributed by atoms with Crippen LogP contribution in [0.5, 0.6) is 0 Å². The van der Waals surface area contributed by atoms with Crippen molar-refractivity contribution >= 4 is 10.0 Å². The molecule has 0 heterocycles. The molecule has 1 aromatic rings. The van der Waals surface area contributed by atoms with Crippen molar-refractivity contribution in [3.05, 3.63) is 29.3 Å². The van der Waals surface area contributed by atoms with E-state index in [0.29, 0.717) is 35.9 Å². The summed E-state index contributed by atoms with van der Waals surface area (Å²) in [5.41, 5.74) is 1.47. The fourth-order valence-corrected chi connectivity index (χ4v) is 4.47. The molecule has 1 aromatic carbocycles. The van der Waals surface area contributed by atoms with Crippen LogP contribution in [0.1, 0.15) is 44.2 Å². The number of benzene rings is 1. The van der Waals surface area contributed by atoms with E-state index in [1.165, 1.54) is 0 Å². The number of hydrogen-bond donors (Lipinski definition) is 1. The highest BCUT2D eigenvalue weighted by molar-refractivity contribution is 7.89. The Balaban J connectivity index is 2.39. The molecule has 118 valence electrons. The molecule has 0 aliphatic heterocycles. The summed E-state index contributed by atoms with van der Waals surface area (Å²) in [7, 11) is -3.47. The van der Waals surface area contributed by atoms with Crippen molar-refractivity contribution in [1.29, 1.82) is 0 Å². The van der Waals surface area contributed by atoms with Gasteiger partial charge in [0.2, 0.25) is 10.0 Å². The zero-order chi connectivity index (χ0) is 15.5. The number of aliphatic hydroxyl groups is 1. The third-order valence-electron chi connectivity index (χ3n) is 3.94. The summed E-state index contributed by atoms with van der Waals surface area (Å²) >= 11 is 0. The van der Waals surface area contributed by atoms with Gasteiger partial charge in [0.05, 0.1) is 11.5 Å². The van der Waals surface area contributed by atoms with Gasteiger partial charge in [0.1, 0.15) is 0 Å². The molecule has 21 heavy (non-hydrogen) atoms. The van der Waals surface area contributed by atoms with Gasteiger partial charge in [0, 0.05) is 13.1 Å². The highest BCUT2D eigenvalue weighted by atomic mass is 32.2. The van der Waals surface area contributed by atoms with E-state index in [9.17, 15) is 13.5 Å². The Bertz CT molecular complexity index is 579. The van der Waals surface area contributed by atoms with Crippen LogP contribution < -0.4 is 0 Å². The second-order valence-electron chi connectivity index (χ2n) is 5.76. The summed E-state index contributed by atoms with van der Waals surface area (Å²) in [4.78, 5) is 0.366. The van der Waals surface area contributed by atoms with E-state index < -0.39 is 10.0 Å². The molecule has 0 spiro atoms. The quantitative estimate of drug-likeness (QED) is 0.802. The Morgan fingerprint density at radius 2 is 2.00 bits per heavy atom. The van der Waals surface area contributed by atoms with Gasteiger partial charge in [-0.2, -0.15) is 4.31 Å². The van der Waals surface area contributed by atoms with Crippen molar-refractivity contribution in [2.75, 3.05) is 13.1 Å². The first kappa shape index (κ1) is 16.5. The third-order valence-corrected chi connectivity index (χ3v) is 5.89. The lowest BCUT2D eigenvalue weighted by Crippen LogP contribution is -2.34. The SMILES string of the molecule is CCCN(CC1CC1)S(=O)(=O)c1cc(CO)ccc1CC. The van der Waals surface area contributed by atoms with Crippen molar-refractivity contribution in [1.82, 2.24) is 4.31 Å². The van der Waals surface area contributed by atoms with E-state index >= 15 is 0 Å². The zero-order valence-electron chi connectivity index (χ0n) is 12.9. The maximum atomic E-state index is 13.0. The van der Waals surface area contributed by atoms with Crippen LogP contribution in [0.4, 0.5) is 0 Å². The second kappa shape index (κ2) is 6.90. The Morgan fingerprint density at radius 1 is 1.29 bits per heavy atom. The number of aliphatic hydroxyl groups excluding tert-OH is 1. The molecule has 1 saturated carbocycles. The normalized spacial score (nSPS) is 15.6. The van der Waals surface area contributed by atoms with Gasteiger partial charge in [-0.3, -0.25) is 0 Å². The second-order valence-corrected chi connectivity index (χ2v) is 7.67. The first-order chi connectivity index (χ1) is 10.0. The number of nitrogens with zero attached hydrogens (tertiary/aromatic N) is 1. The highest BCUT2D eigenvalue weighted by Crippen LogP contribution is 2.32. The molecular weight excluding hydrogens is 286 g/mol. The van der Waals surface area contributed by atoms with Gasteiger partial charge in [0.15, 0.2) is 0 Å². The summed E-state index contributed by atoms with van der Waals surface area (Å²) in [6.45, 7) is 5.01. The summed E-state index contributed by atoms with van der Waals surface area (Å²) in [6.07, 6.45) is 3.75. The van der Waals surface area contributed by atoms with Crippen LogP contribution >= 0.6 is 0 Å². The summed E-state index contributed by atoms with van der Waals surface area (Å²) in [5.74, 6) is 0.525. The van der Waals surface area contributed by atoms with Crippen LogP contribution in [0.3, 0.4) is 0 Å². The van der Waals surface area contributed by atoms with E-state index in [2.05, 4.69) is 0 Å². The Morgan fingerprint density at radius 3 is 2.52 bits per heavy atom. The molecule has 2 rings (SSSR count). The van der Waals surface area contributed by atoms with Crippen molar-refractivity contribution in [3.8, 4) is 0 Å². The third kappa shape index (κ3) is 3.84. The number of hydrogen-bond acceptors (Lipinski definition) is 3. The number of rotatable bonds is 8. The maximum absolute atomic E-state index is 13.0. The van der Waals surface area contributed by atoms with Gasteiger partial charge in [-0.15, -0.1) is 0 Å². The molecule has 0 aromatic heterocycles. The van der Waals surface area contributed by atoms with Crippen molar-refractivity contribution in [3.63, 3.8) is 0 Å². The Labute approximate surface area is 127 Å². The van der Waals surface area contributed by atoms with Gasteiger partial charge in [-0.25, -0.2) is 8.42 Å². The van der Waals surface area contributed by atoms with Gasteiger partial charge < -0.3 is 5.11 Å². The number of sulfonamides is 1. The molecule has 0 unspecified atom stereocenters. The van der Waals surface area contributed by atoms with E-state index in [1.807, 2.05) is 19.9 Å². The molecule has 0 amide bonds. The molecule has 1 N–H and O–H groups in total. The van der Waals surface area contributed by atoms with E-state index in [4.69, 9.17) is 0 Å². The molecule has 0 saturated heterocycles. The fourth-order valence-electron chi connectivity index (χ4n) is 2.52. The first-order valence-electron chi connectivity index (χ1n) is 7.75. The topological polar surface area (TPSA) is 57.6 Å². The molecule has 0 radical (unpaired) electrons. The number of aryl methyl sites for hydroxylation is 1. The molecule has 5 heteroatoms. The highest BCUT2D eigenvalue weighted by Gasteiger charge is 2.32. The van der Waals surface area contributed by atoms with E-state index in [1.54, 1.807) is 16.4 Å². The minimum atomic E-state index is -3.47. The summed E-state index contributed by atoms with van der Waals surface area (Å²) in [6, 6.07) is 5.24. The molecule has 0 bridgehead atoms. The predicted octanol–water partition coefficient (Wildman–Crippen LogP) is 2.55. The average molecular weight is 311 g/mol. The average Bonchev–Trinajstić information content (AvgIpc) is 3.30. The minimum absolute atomic E-state index is 0.136.